The third kappa shape index (κ3) is 27.2. The van der Waals surface area contributed by atoms with Crippen molar-refractivity contribution in [1.29, 1.82) is 0 Å². The van der Waals surface area contributed by atoms with Crippen LogP contribution >= 0.6 is 0 Å². The van der Waals surface area contributed by atoms with E-state index in [2.05, 4.69) is 13.8 Å². The van der Waals surface area contributed by atoms with Crippen molar-refractivity contribution in [3.8, 4) is 0 Å². The minimum absolute atomic E-state index is 0.134. The summed E-state index contributed by atoms with van der Waals surface area (Å²) in [6.07, 6.45) is 28.4. The topological polar surface area (TPSA) is 52.6 Å². The van der Waals surface area contributed by atoms with Crippen LogP contribution in [0.25, 0.3) is 0 Å². The quantitative estimate of drug-likeness (QED) is 0.0864. The van der Waals surface area contributed by atoms with Crippen molar-refractivity contribution >= 4 is 11.9 Å². The molecule has 0 saturated carbocycles. The normalized spacial score (nSPS) is 11.0. The molecule has 0 N–H and O–H groups in total. The van der Waals surface area contributed by atoms with Crippen molar-refractivity contribution in [1.82, 2.24) is 0 Å². The Bertz CT molecular complexity index is 396. The average molecular weight is 483 g/mol. The molecule has 0 fully saturated rings. The number of hydrogen-bond acceptors (Lipinski definition) is 4. The van der Waals surface area contributed by atoms with E-state index in [1.165, 1.54) is 116 Å². The van der Waals surface area contributed by atoms with E-state index in [1.807, 2.05) is 0 Å². The van der Waals surface area contributed by atoms with Crippen molar-refractivity contribution in [3.05, 3.63) is 0 Å². The largest absolute Gasteiger partial charge is 0.466 e. The van der Waals surface area contributed by atoms with Gasteiger partial charge in [0.2, 0.25) is 0 Å². The SMILES string of the molecule is CCCCCCCCCCCCCOC(=O)CCC(=O)OCCCCCCCCCCCCC. The van der Waals surface area contributed by atoms with Crippen molar-refractivity contribution in [2.45, 2.75) is 168 Å². The molecule has 0 aromatic rings. The van der Waals surface area contributed by atoms with E-state index >= 15 is 0 Å². The summed E-state index contributed by atoms with van der Waals surface area (Å²) < 4.78 is 10.5. The lowest BCUT2D eigenvalue weighted by molar-refractivity contribution is -0.150. The van der Waals surface area contributed by atoms with Gasteiger partial charge in [0.05, 0.1) is 26.1 Å². The molecule has 0 aromatic heterocycles. The molecule has 0 aliphatic heterocycles. The summed E-state index contributed by atoms with van der Waals surface area (Å²) in [7, 11) is 0. The summed E-state index contributed by atoms with van der Waals surface area (Å²) in [6, 6.07) is 0. The molecule has 0 rings (SSSR count). The van der Waals surface area contributed by atoms with Gasteiger partial charge in [-0.2, -0.15) is 0 Å². The first-order chi connectivity index (χ1) is 16.7. The van der Waals surface area contributed by atoms with E-state index in [9.17, 15) is 9.59 Å². The van der Waals surface area contributed by atoms with Gasteiger partial charge in [-0.1, -0.05) is 142 Å². The molecule has 0 aliphatic rings. The van der Waals surface area contributed by atoms with Gasteiger partial charge in [-0.05, 0) is 12.8 Å². The van der Waals surface area contributed by atoms with Gasteiger partial charge in [0.25, 0.3) is 0 Å². The van der Waals surface area contributed by atoms with E-state index in [0.29, 0.717) is 13.2 Å². The third-order valence-electron chi connectivity index (χ3n) is 6.56. The molecule has 0 saturated heterocycles. The first kappa shape index (κ1) is 32.9. The third-order valence-corrected chi connectivity index (χ3v) is 6.56. The predicted molar refractivity (Wildman–Crippen MR) is 144 cm³/mol. The van der Waals surface area contributed by atoms with Gasteiger partial charge in [0.1, 0.15) is 0 Å². The Kier molecular flexibility index (Phi) is 27.3. The molecule has 0 atom stereocenters. The molecule has 0 spiro atoms. The maximum absolute atomic E-state index is 11.8. The van der Waals surface area contributed by atoms with Gasteiger partial charge in [0, 0.05) is 0 Å². The first-order valence-electron chi connectivity index (χ1n) is 15.0. The molecule has 0 bridgehead atoms. The highest BCUT2D eigenvalue weighted by Crippen LogP contribution is 2.12. The van der Waals surface area contributed by atoms with Crippen LogP contribution in [0.1, 0.15) is 168 Å². The zero-order valence-electron chi connectivity index (χ0n) is 23.0. The Morgan fingerprint density at radius 3 is 0.882 bits per heavy atom. The van der Waals surface area contributed by atoms with Crippen molar-refractivity contribution in [2.24, 2.45) is 0 Å². The van der Waals surface area contributed by atoms with Crippen molar-refractivity contribution in [3.63, 3.8) is 0 Å². The molecule has 0 radical (unpaired) electrons. The molecule has 0 heterocycles. The molecule has 4 nitrogen and oxygen atoms in total. The number of esters is 2. The second-order valence-electron chi connectivity index (χ2n) is 10.0. The molecule has 34 heavy (non-hydrogen) atoms. The second kappa shape index (κ2) is 28.2. The first-order valence-corrected chi connectivity index (χ1v) is 15.0. The number of rotatable bonds is 27. The number of ether oxygens (including phenoxy) is 2. The smallest absolute Gasteiger partial charge is 0.306 e. The predicted octanol–water partition coefficient (Wildman–Crippen LogP) is 9.48. The standard InChI is InChI=1S/C30H58O4/c1-3-5-7-9-11-13-15-17-19-21-23-27-33-29(31)25-26-30(32)34-28-24-22-20-18-16-14-12-10-8-6-4-2/h3-28H2,1-2H3. The molecule has 0 amide bonds. The molecule has 0 aliphatic carbocycles. The van der Waals surface area contributed by atoms with Crippen LogP contribution in [-0.4, -0.2) is 25.2 Å². The molecule has 4 heteroatoms. The Morgan fingerprint density at radius 1 is 0.382 bits per heavy atom. The summed E-state index contributed by atoms with van der Waals surface area (Å²) in [5.74, 6) is -0.558. The van der Waals surface area contributed by atoms with Crippen LogP contribution in [0.15, 0.2) is 0 Å². The van der Waals surface area contributed by atoms with Crippen LogP contribution in [0.4, 0.5) is 0 Å². The van der Waals surface area contributed by atoms with Crippen LogP contribution in [0.5, 0.6) is 0 Å². The minimum Gasteiger partial charge on any atom is -0.466 e. The lowest BCUT2D eigenvalue weighted by Gasteiger charge is -2.06. The number of hydrogen-bond donors (Lipinski definition) is 0. The fourth-order valence-corrected chi connectivity index (χ4v) is 4.25. The van der Waals surface area contributed by atoms with Gasteiger partial charge >= 0.3 is 11.9 Å². The van der Waals surface area contributed by atoms with Gasteiger partial charge < -0.3 is 9.47 Å². The maximum Gasteiger partial charge on any atom is 0.306 e. The monoisotopic (exact) mass is 482 g/mol. The molecule has 0 aromatic carbocycles. The average Bonchev–Trinajstić information content (AvgIpc) is 2.84. The Morgan fingerprint density at radius 2 is 0.618 bits per heavy atom. The van der Waals surface area contributed by atoms with Crippen LogP contribution in [0.3, 0.4) is 0 Å². The van der Waals surface area contributed by atoms with Gasteiger partial charge in [0.15, 0.2) is 0 Å². The second-order valence-corrected chi connectivity index (χ2v) is 10.0. The fourth-order valence-electron chi connectivity index (χ4n) is 4.25. The van der Waals surface area contributed by atoms with E-state index in [4.69, 9.17) is 9.47 Å². The highest BCUT2D eigenvalue weighted by atomic mass is 16.5. The summed E-state index contributed by atoms with van der Waals surface area (Å²) in [6.45, 7) is 5.46. The van der Waals surface area contributed by atoms with Crippen molar-refractivity contribution < 1.29 is 19.1 Å². The van der Waals surface area contributed by atoms with Crippen LogP contribution in [0.2, 0.25) is 0 Å². The number of unbranched alkanes of at least 4 members (excludes halogenated alkanes) is 20. The van der Waals surface area contributed by atoms with Crippen molar-refractivity contribution in [2.75, 3.05) is 13.2 Å². The molecule has 202 valence electrons. The summed E-state index contributed by atoms with van der Waals surface area (Å²) in [4.78, 5) is 23.5. The van der Waals surface area contributed by atoms with E-state index in [0.717, 1.165) is 25.7 Å². The highest BCUT2D eigenvalue weighted by molar-refractivity contribution is 5.77. The minimum atomic E-state index is -0.279. The van der Waals surface area contributed by atoms with Crippen LogP contribution in [0, 0.1) is 0 Å². The van der Waals surface area contributed by atoms with E-state index in [1.54, 1.807) is 0 Å². The van der Waals surface area contributed by atoms with Gasteiger partial charge in [-0.3, -0.25) is 9.59 Å². The van der Waals surface area contributed by atoms with Crippen LogP contribution in [-0.2, 0) is 19.1 Å². The molecule has 0 unspecified atom stereocenters. The lowest BCUT2D eigenvalue weighted by atomic mass is 10.1. The van der Waals surface area contributed by atoms with E-state index < -0.39 is 0 Å². The van der Waals surface area contributed by atoms with Gasteiger partial charge in [-0.15, -0.1) is 0 Å². The maximum atomic E-state index is 11.8. The van der Waals surface area contributed by atoms with Gasteiger partial charge in [-0.25, -0.2) is 0 Å². The Hall–Kier alpha value is -1.06. The molecular formula is C30H58O4. The molecular weight excluding hydrogens is 424 g/mol. The zero-order chi connectivity index (χ0) is 25.0. The Balaban J connectivity index is 3.29. The Labute approximate surface area is 212 Å². The highest BCUT2D eigenvalue weighted by Gasteiger charge is 2.09. The van der Waals surface area contributed by atoms with E-state index in [-0.39, 0.29) is 24.8 Å². The summed E-state index contributed by atoms with van der Waals surface area (Å²) in [5.41, 5.74) is 0. The number of carbonyl (C=O) groups is 2. The summed E-state index contributed by atoms with van der Waals surface area (Å²) >= 11 is 0. The summed E-state index contributed by atoms with van der Waals surface area (Å²) in [5, 5.41) is 0. The zero-order valence-corrected chi connectivity index (χ0v) is 23.0. The number of carbonyl (C=O) groups excluding carboxylic acids is 2. The fraction of sp³-hybridized carbons (Fsp3) is 0.933. The lowest BCUT2D eigenvalue weighted by Crippen LogP contribution is -2.11. The van der Waals surface area contributed by atoms with Crippen LogP contribution < -0.4 is 0 Å².